The molecule has 1 amide bonds. The van der Waals surface area contributed by atoms with E-state index in [0.29, 0.717) is 16.9 Å². The number of nitro groups is 1. The van der Waals surface area contributed by atoms with Gasteiger partial charge < -0.3 is 15.5 Å². The Morgan fingerprint density at radius 3 is 2.95 bits per heavy atom. The molecule has 7 nitrogen and oxygen atoms in total. The lowest BCUT2D eigenvalue weighted by Gasteiger charge is -2.15. The fraction of sp³-hybridized carbons (Fsp3) is 0.462. The number of nitrogens with zero attached hydrogens (tertiary/aromatic N) is 2. The number of hydrogen-bond donors (Lipinski definition) is 2. The molecule has 0 bridgehead atoms. The van der Waals surface area contributed by atoms with Gasteiger partial charge in [-0.1, -0.05) is 0 Å². The molecule has 1 unspecified atom stereocenters. The van der Waals surface area contributed by atoms with Crippen molar-refractivity contribution in [2.45, 2.75) is 18.9 Å². The molecule has 2 N–H and O–H groups in total. The monoisotopic (exact) mass is 276 g/mol. The standard InChI is InChI=1S/C13H16N4O3/c1-16-3-2-9(7-16)14-11-6-10-8(5-13(18)15-10)4-12(11)17(19)20/h4,6,9,14H,2-3,5,7H2,1H3,(H,15,18). The summed E-state index contributed by atoms with van der Waals surface area (Å²) in [4.78, 5) is 24.3. The molecule has 1 fully saturated rings. The van der Waals surface area contributed by atoms with Crippen LogP contribution < -0.4 is 10.6 Å². The fourth-order valence-electron chi connectivity index (χ4n) is 2.80. The van der Waals surface area contributed by atoms with E-state index in [1.165, 1.54) is 6.07 Å². The van der Waals surface area contributed by atoms with Crippen molar-refractivity contribution in [3.05, 3.63) is 27.8 Å². The Morgan fingerprint density at radius 2 is 2.30 bits per heavy atom. The Hall–Kier alpha value is -2.15. The Morgan fingerprint density at radius 1 is 1.50 bits per heavy atom. The number of nitrogens with one attached hydrogen (secondary N) is 2. The van der Waals surface area contributed by atoms with Crippen LogP contribution in [-0.4, -0.2) is 41.9 Å². The van der Waals surface area contributed by atoms with E-state index >= 15 is 0 Å². The first-order valence-corrected chi connectivity index (χ1v) is 6.59. The van der Waals surface area contributed by atoms with Crippen LogP contribution in [0.15, 0.2) is 12.1 Å². The van der Waals surface area contributed by atoms with Crippen LogP contribution in [0.4, 0.5) is 17.1 Å². The highest BCUT2D eigenvalue weighted by atomic mass is 16.6. The Balaban J connectivity index is 1.91. The minimum absolute atomic E-state index is 0.0369. The van der Waals surface area contributed by atoms with Gasteiger partial charge in [0.05, 0.1) is 11.3 Å². The minimum atomic E-state index is -0.399. The molecule has 3 rings (SSSR count). The van der Waals surface area contributed by atoms with Crippen molar-refractivity contribution in [1.29, 1.82) is 0 Å². The summed E-state index contributed by atoms with van der Waals surface area (Å²) in [7, 11) is 2.03. The van der Waals surface area contributed by atoms with E-state index in [0.717, 1.165) is 19.5 Å². The predicted molar refractivity (Wildman–Crippen MR) is 75.0 cm³/mol. The molecule has 0 saturated carbocycles. The number of likely N-dealkylation sites (N-methyl/N-ethyl adjacent to an activating group) is 1. The van der Waals surface area contributed by atoms with Crippen molar-refractivity contribution in [2.24, 2.45) is 0 Å². The van der Waals surface area contributed by atoms with Crippen LogP contribution in [0.25, 0.3) is 0 Å². The van der Waals surface area contributed by atoms with Crippen molar-refractivity contribution in [3.63, 3.8) is 0 Å². The molecular weight excluding hydrogens is 260 g/mol. The molecule has 0 aromatic heterocycles. The normalized spacial score (nSPS) is 21.6. The molecule has 7 heteroatoms. The molecule has 0 spiro atoms. The van der Waals surface area contributed by atoms with Crippen molar-refractivity contribution >= 4 is 23.0 Å². The molecule has 1 saturated heterocycles. The van der Waals surface area contributed by atoms with E-state index in [-0.39, 0.29) is 24.1 Å². The van der Waals surface area contributed by atoms with Gasteiger partial charge in [-0.25, -0.2) is 0 Å². The molecule has 20 heavy (non-hydrogen) atoms. The van der Waals surface area contributed by atoms with Gasteiger partial charge >= 0.3 is 0 Å². The Bertz CT molecular complexity index is 587. The molecule has 2 heterocycles. The zero-order chi connectivity index (χ0) is 14.3. The number of carbonyl (C=O) groups excluding carboxylic acids is 1. The molecule has 2 aliphatic rings. The van der Waals surface area contributed by atoms with Crippen LogP contribution in [0, 0.1) is 10.1 Å². The lowest BCUT2D eigenvalue weighted by Crippen LogP contribution is -2.24. The first-order chi connectivity index (χ1) is 9.52. The molecule has 1 atom stereocenters. The molecule has 1 aromatic rings. The van der Waals surface area contributed by atoms with Gasteiger partial charge in [0, 0.05) is 24.3 Å². The van der Waals surface area contributed by atoms with Crippen LogP contribution in [0.2, 0.25) is 0 Å². The van der Waals surface area contributed by atoms with Crippen LogP contribution in [0.5, 0.6) is 0 Å². The highest BCUT2D eigenvalue weighted by molar-refractivity contribution is 6.00. The second-order valence-corrected chi connectivity index (χ2v) is 5.40. The summed E-state index contributed by atoms with van der Waals surface area (Å²) >= 11 is 0. The average Bonchev–Trinajstić information content (AvgIpc) is 2.92. The van der Waals surface area contributed by atoms with Crippen molar-refractivity contribution in [3.8, 4) is 0 Å². The van der Waals surface area contributed by atoms with Crippen LogP contribution in [0.1, 0.15) is 12.0 Å². The van der Waals surface area contributed by atoms with E-state index in [1.54, 1.807) is 6.07 Å². The number of anilines is 2. The van der Waals surface area contributed by atoms with Gasteiger partial charge in [0.2, 0.25) is 5.91 Å². The third kappa shape index (κ3) is 2.32. The highest BCUT2D eigenvalue weighted by Crippen LogP contribution is 2.35. The van der Waals surface area contributed by atoms with Crippen molar-refractivity contribution in [1.82, 2.24) is 4.90 Å². The van der Waals surface area contributed by atoms with Gasteiger partial charge in [-0.3, -0.25) is 14.9 Å². The average molecular weight is 276 g/mol. The van der Waals surface area contributed by atoms with Gasteiger partial charge in [-0.15, -0.1) is 0 Å². The quantitative estimate of drug-likeness (QED) is 0.640. The number of rotatable bonds is 3. The van der Waals surface area contributed by atoms with Crippen LogP contribution in [0.3, 0.4) is 0 Å². The summed E-state index contributed by atoms with van der Waals surface area (Å²) in [6, 6.07) is 3.37. The highest BCUT2D eigenvalue weighted by Gasteiger charge is 2.27. The van der Waals surface area contributed by atoms with E-state index in [4.69, 9.17) is 0 Å². The summed E-state index contributed by atoms with van der Waals surface area (Å²) in [5.41, 5.74) is 1.89. The van der Waals surface area contributed by atoms with Gasteiger partial charge in [0.25, 0.3) is 5.69 Å². The van der Waals surface area contributed by atoms with Gasteiger partial charge in [-0.05, 0) is 31.6 Å². The number of likely N-dealkylation sites (tertiary alicyclic amines) is 1. The third-order valence-electron chi connectivity index (χ3n) is 3.79. The van der Waals surface area contributed by atoms with Gasteiger partial charge in [0.1, 0.15) is 5.69 Å². The number of amides is 1. The molecule has 106 valence electrons. The second kappa shape index (κ2) is 4.75. The maximum atomic E-state index is 11.4. The number of nitro benzene ring substituents is 1. The second-order valence-electron chi connectivity index (χ2n) is 5.40. The Kier molecular flexibility index (Phi) is 3.06. The number of carbonyl (C=O) groups is 1. The zero-order valence-electron chi connectivity index (χ0n) is 11.2. The number of hydrogen-bond acceptors (Lipinski definition) is 5. The maximum absolute atomic E-state index is 11.4. The number of benzene rings is 1. The molecule has 0 aliphatic carbocycles. The lowest BCUT2D eigenvalue weighted by atomic mass is 10.1. The molecule has 0 radical (unpaired) electrons. The molecule has 1 aromatic carbocycles. The maximum Gasteiger partial charge on any atom is 0.292 e. The summed E-state index contributed by atoms with van der Waals surface area (Å²) in [6.45, 7) is 1.84. The van der Waals surface area contributed by atoms with E-state index < -0.39 is 4.92 Å². The van der Waals surface area contributed by atoms with E-state index in [2.05, 4.69) is 15.5 Å². The fourth-order valence-corrected chi connectivity index (χ4v) is 2.80. The first-order valence-electron chi connectivity index (χ1n) is 6.59. The molecular formula is C13H16N4O3. The largest absolute Gasteiger partial charge is 0.375 e. The SMILES string of the molecule is CN1CCC(Nc2cc3c(cc2[N+](=O)[O-])CC(=O)N3)C1. The Labute approximate surface area is 116 Å². The van der Waals surface area contributed by atoms with Gasteiger partial charge in [-0.2, -0.15) is 0 Å². The first kappa shape index (κ1) is 12.9. The lowest BCUT2D eigenvalue weighted by molar-refractivity contribution is -0.384. The minimum Gasteiger partial charge on any atom is -0.375 e. The molecule has 2 aliphatic heterocycles. The number of fused-ring (bicyclic) bond motifs is 1. The third-order valence-corrected chi connectivity index (χ3v) is 3.79. The topological polar surface area (TPSA) is 87.5 Å². The summed E-state index contributed by atoms with van der Waals surface area (Å²) in [5, 5.41) is 17.1. The smallest absolute Gasteiger partial charge is 0.292 e. The van der Waals surface area contributed by atoms with Crippen LogP contribution in [-0.2, 0) is 11.2 Å². The summed E-state index contributed by atoms with van der Waals surface area (Å²) < 4.78 is 0. The summed E-state index contributed by atoms with van der Waals surface area (Å²) in [6.07, 6.45) is 1.17. The zero-order valence-corrected chi connectivity index (χ0v) is 11.2. The predicted octanol–water partition coefficient (Wildman–Crippen LogP) is 1.21. The van der Waals surface area contributed by atoms with Crippen molar-refractivity contribution in [2.75, 3.05) is 30.8 Å². The van der Waals surface area contributed by atoms with Crippen molar-refractivity contribution < 1.29 is 9.72 Å². The van der Waals surface area contributed by atoms with E-state index in [9.17, 15) is 14.9 Å². The van der Waals surface area contributed by atoms with Crippen LogP contribution >= 0.6 is 0 Å². The van der Waals surface area contributed by atoms with Gasteiger partial charge in [0.15, 0.2) is 0 Å². The van der Waals surface area contributed by atoms with E-state index in [1.807, 2.05) is 7.05 Å². The summed E-state index contributed by atoms with van der Waals surface area (Å²) in [5.74, 6) is -0.118.